The molecular formula is C29H31Cl6N4O6-. The maximum Gasteiger partial charge on any atom is 0.359 e. The normalized spacial score (nSPS) is 31.6. The Bertz CT molecular complexity index is 1390. The van der Waals surface area contributed by atoms with Crippen LogP contribution in [0.4, 0.5) is 0 Å². The second-order valence-electron chi connectivity index (χ2n) is 10.6. The third-order valence-electron chi connectivity index (χ3n) is 7.46. The minimum atomic E-state index is -0.785. The van der Waals surface area contributed by atoms with Crippen LogP contribution in [0.25, 0.3) is 6.08 Å². The first kappa shape index (κ1) is 35.9. The lowest BCUT2D eigenvalue weighted by Gasteiger charge is -2.37. The summed E-state index contributed by atoms with van der Waals surface area (Å²) in [5.41, 5.74) is -0.442. The van der Waals surface area contributed by atoms with Crippen LogP contribution in [0, 0.1) is 0 Å². The Labute approximate surface area is 290 Å². The van der Waals surface area contributed by atoms with Crippen LogP contribution >= 0.6 is 69.6 Å². The molecule has 2 fully saturated rings. The molecule has 16 heteroatoms. The molecular weight excluding hydrogens is 713 g/mol. The van der Waals surface area contributed by atoms with Gasteiger partial charge in [0, 0.05) is 16.3 Å². The Kier molecular flexibility index (Phi) is 12.6. The van der Waals surface area contributed by atoms with Crippen LogP contribution in [0.5, 0.6) is 5.88 Å². The smallest absolute Gasteiger partial charge is 0.359 e. The van der Waals surface area contributed by atoms with Crippen molar-refractivity contribution in [3.63, 3.8) is 0 Å². The fourth-order valence-corrected chi connectivity index (χ4v) is 8.70. The number of ether oxygens (including phenoxy) is 2. The van der Waals surface area contributed by atoms with Crippen LogP contribution in [-0.4, -0.2) is 89.9 Å². The van der Waals surface area contributed by atoms with Gasteiger partial charge in [0.05, 0.1) is 52.4 Å². The van der Waals surface area contributed by atoms with E-state index in [0.717, 1.165) is 9.69 Å². The quantitative estimate of drug-likeness (QED) is 0.141. The lowest BCUT2D eigenvalue weighted by molar-refractivity contribution is -0.281. The number of nitrogens with zero attached hydrogens (tertiary/aromatic N) is 4. The number of alkyl halides is 6. The number of hydrazone groups is 1. The zero-order valence-electron chi connectivity index (χ0n) is 24.3. The highest BCUT2D eigenvalue weighted by Crippen LogP contribution is 2.41. The van der Waals surface area contributed by atoms with E-state index in [1.807, 2.05) is 0 Å². The summed E-state index contributed by atoms with van der Waals surface area (Å²) in [7, 11) is 0. The molecule has 10 nitrogen and oxygen atoms in total. The van der Waals surface area contributed by atoms with E-state index in [2.05, 4.69) is 10.2 Å². The van der Waals surface area contributed by atoms with E-state index in [0.29, 0.717) is 25.7 Å². The fourth-order valence-electron chi connectivity index (χ4n) is 5.43. The van der Waals surface area contributed by atoms with Gasteiger partial charge in [-0.05, 0) is 51.5 Å². The van der Waals surface area contributed by atoms with Crippen molar-refractivity contribution in [2.75, 3.05) is 13.2 Å². The van der Waals surface area contributed by atoms with Gasteiger partial charge in [0.25, 0.3) is 5.91 Å². The summed E-state index contributed by atoms with van der Waals surface area (Å²) in [5, 5.41) is 20.2. The molecule has 4 unspecified atom stereocenters. The van der Waals surface area contributed by atoms with Crippen molar-refractivity contribution >= 4 is 99.2 Å². The highest BCUT2D eigenvalue weighted by atomic mass is 35.5. The Balaban J connectivity index is 1.61. The van der Waals surface area contributed by atoms with Crippen molar-refractivity contribution in [1.29, 1.82) is 0 Å². The van der Waals surface area contributed by atoms with Gasteiger partial charge in [0.15, 0.2) is 11.4 Å². The fraction of sp³-hybridized carbons (Fsp3) is 0.552. The number of hydrogen-bond acceptors (Lipinski definition) is 8. The topological polar surface area (TPSA) is 126 Å². The number of rotatable bonds is 9. The summed E-state index contributed by atoms with van der Waals surface area (Å²) in [4.78, 5) is 38.8. The van der Waals surface area contributed by atoms with E-state index in [1.54, 1.807) is 13.8 Å². The Hall–Kier alpha value is -1.95. The molecule has 4 rings (SSSR count). The van der Waals surface area contributed by atoms with Crippen molar-refractivity contribution < 1.29 is 29.0 Å². The van der Waals surface area contributed by atoms with Gasteiger partial charge >= 0.3 is 11.9 Å². The van der Waals surface area contributed by atoms with Crippen LogP contribution in [0.15, 0.2) is 35.0 Å². The highest BCUT2D eigenvalue weighted by Gasteiger charge is 2.46. The third kappa shape index (κ3) is 7.96. The number of aromatic nitrogens is 2. The van der Waals surface area contributed by atoms with Gasteiger partial charge < -0.3 is 14.6 Å². The molecule has 246 valence electrons. The Morgan fingerprint density at radius 2 is 1.38 bits per heavy atom. The van der Waals surface area contributed by atoms with Crippen LogP contribution in [0.3, 0.4) is 0 Å². The van der Waals surface area contributed by atoms with Crippen molar-refractivity contribution in [3.8, 4) is 5.88 Å². The predicted octanol–water partition coefficient (Wildman–Crippen LogP) is 5.53. The monoisotopic (exact) mass is 741 g/mol. The summed E-state index contributed by atoms with van der Waals surface area (Å²) < 4.78 is 11.3. The summed E-state index contributed by atoms with van der Waals surface area (Å²) in [5.74, 6) is -2.72. The van der Waals surface area contributed by atoms with Crippen LogP contribution in [-0.2, 0) is 19.1 Å². The molecule has 2 aliphatic carbocycles. The number of halogens is 6. The summed E-state index contributed by atoms with van der Waals surface area (Å²) in [6.45, 7) is 3.41. The van der Waals surface area contributed by atoms with Crippen LogP contribution in [0.1, 0.15) is 61.6 Å². The first-order valence-electron chi connectivity index (χ1n) is 14.3. The zero-order valence-corrected chi connectivity index (χ0v) is 28.8. The Morgan fingerprint density at radius 3 is 1.93 bits per heavy atom. The molecule has 0 spiro atoms. The number of carbonyl (C=O) groups excluding carboxylic acids is 3. The summed E-state index contributed by atoms with van der Waals surface area (Å²) >= 11 is 38.6. The predicted molar refractivity (Wildman–Crippen MR) is 174 cm³/mol. The Morgan fingerprint density at radius 1 is 0.844 bits per heavy atom. The summed E-state index contributed by atoms with van der Waals surface area (Å²) in [6.07, 6.45) is 8.85. The van der Waals surface area contributed by atoms with Crippen molar-refractivity contribution in [1.82, 2.24) is 14.8 Å². The van der Waals surface area contributed by atoms with E-state index in [1.165, 1.54) is 30.4 Å². The first-order valence-corrected chi connectivity index (χ1v) is 17.0. The van der Waals surface area contributed by atoms with E-state index in [-0.39, 0.29) is 46.5 Å². The summed E-state index contributed by atoms with van der Waals surface area (Å²) in [6, 6.07) is -1.38. The van der Waals surface area contributed by atoms with Gasteiger partial charge in [0.1, 0.15) is 0 Å². The molecule has 3 aliphatic rings. The van der Waals surface area contributed by atoms with Gasteiger partial charge in [0.2, 0.25) is 0 Å². The lowest BCUT2D eigenvalue weighted by atomic mass is 9.93. The van der Waals surface area contributed by atoms with Crippen LogP contribution < -0.4 is 5.11 Å². The largest absolute Gasteiger partial charge is 0.858 e. The highest BCUT2D eigenvalue weighted by molar-refractivity contribution is 6.51. The zero-order chi connectivity index (χ0) is 33.0. The average molecular weight is 744 g/mol. The second-order valence-corrected chi connectivity index (χ2v) is 14.0. The molecule has 0 saturated heterocycles. The van der Waals surface area contributed by atoms with Crippen molar-refractivity contribution in [2.45, 2.75) is 83.9 Å². The first-order chi connectivity index (χ1) is 21.4. The van der Waals surface area contributed by atoms with Gasteiger partial charge in [-0.2, -0.15) is 10.2 Å². The number of esters is 2. The van der Waals surface area contributed by atoms with Gasteiger partial charge in [-0.3, -0.25) is 9.48 Å². The van der Waals surface area contributed by atoms with E-state index in [9.17, 15) is 19.5 Å². The molecule has 45 heavy (non-hydrogen) atoms. The van der Waals surface area contributed by atoms with Gasteiger partial charge in [-0.15, -0.1) is 69.6 Å². The van der Waals surface area contributed by atoms with Gasteiger partial charge in [-0.25, -0.2) is 14.6 Å². The van der Waals surface area contributed by atoms with Gasteiger partial charge in [-0.1, -0.05) is 24.3 Å². The average Bonchev–Trinajstić information content (AvgIpc) is 3.44. The lowest BCUT2D eigenvalue weighted by Crippen LogP contribution is -2.50. The maximum atomic E-state index is 13.4. The minimum absolute atomic E-state index is 0.0282. The number of hydrogen-bond donors (Lipinski definition) is 0. The number of amides is 1. The number of allylic oxidation sites excluding steroid dienone is 4. The van der Waals surface area contributed by atoms with E-state index in [4.69, 9.17) is 79.1 Å². The van der Waals surface area contributed by atoms with E-state index < -0.39 is 57.3 Å². The molecule has 0 radical (unpaired) electrons. The molecule has 1 amide bonds. The molecule has 1 aromatic heterocycles. The van der Waals surface area contributed by atoms with Crippen molar-refractivity contribution in [3.05, 3.63) is 41.1 Å². The minimum Gasteiger partial charge on any atom is -0.858 e. The molecule has 0 bridgehead atoms. The molecule has 0 N–H and O–H groups in total. The molecule has 1 aliphatic heterocycles. The van der Waals surface area contributed by atoms with Crippen LogP contribution in [0.2, 0.25) is 0 Å². The number of carbonyl (C=O) groups is 3. The maximum absolute atomic E-state index is 13.4. The molecule has 0 aromatic carbocycles. The second kappa shape index (κ2) is 15.8. The standard InChI is InChI=1S/C29H32Cl6N4O6/c1-3-44-28(42)22-16(26(40)38(36-22)24-18(32)10-14(30)11-19(24)33)8-6-5-7-9-17-23(29(43)45-4-2)37-39(27(17)41)25-20(34)12-15(31)13-21(25)35/h5-9,14-15,18-21,24-25,40H,3-4,10-13H2,1-2H3/p-1/b7-5?,8-6?,17-9-. The van der Waals surface area contributed by atoms with Crippen molar-refractivity contribution in [2.24, 2.45) is 5.10 Å². The molecule has 4 atom stereocenters. The van der Waals surface area contributed by atoms with E-state index >= 15 is 0 Å². The molecule has 1 aromatic rings. The SMILES string of the molecule is CCOC(=O)C1=NN(C2C(Cl)CC(Cl)CC2Cl)C(=O)/C1=C\C=CC=Cc1c(C(=O)OCC)nn(C2C(Cl)CC(Cl)CC2Cl)c1[O-]. The molecule has 2 heterocycles. The third-order valence-corrected chi connectivity index (χ3v) is 9.92. The molecule has 2 saturated carbocycles.